The van der Waals surface area contributed by atoms with Crippen LogP contribution < -0.4 is 10.1 Å². The van der Waals surface area contributed by atoms with Gasteiger partial charge in [-0.3, -0.25) is 0 Å². The molecule has 1 rings (SSSR count). The van der Waals surface area contributed by atoms with Crippen LogP contribution in [0.25, 0.3) is 0 Å². The van der Waals surface area contributed by atoms with Crippen molar-refractivity contribution in [1.82, 2.24) is 5.32 Å². The minimum absolute atomic E-state index is 0.200. The van der Waals surface area contributed by atoms with Crippen LogP contribution >= 0.6 is 0 Å². The molecule has 2 N–H and O–H groups in total. The fourth-order valence-corrected chi connectivity index (χ4v) is 1.51. The minimum atomic E-state index is 0.200. The molecule has 0 bridgehead atoms. The Hall–Kier alpha value is -1.26. The van der Waals surface area contributed by atoms with E-state index in [4.69, 9.17) is 9.47 Å². The normalized spacial score (nSPS) is 12.4. The average Bonchev–Trinajstić information content (AvgIpc) is 2.35. The molecule has 0 radical (unpaired) electrons. The van der Waals surface area contributed by atoms with E-state index < -0.39 is 0 Å². The van der Waals surface area contributed by atoms with Crippen molar-refractivity contribution < 1.29 is 14.6 Å². The molecule has 4 heteroatoms. The summed E-state index contributed by atoms with van der Waals surface area (Å²) in [5.74, 6) is 0.702. The Labute approximate surface area is 103 Å². The molecule has 0 fully saturated rings. The number of ether oxygens (including phenoxy) is 2. The zero-order chi connectivity index (χ0) is 12.7. The SMILES string of the molecule is CCOCC(C)NCc1cccc(OC)c1O. The van der Waals surface area contributed by atoms with E-state index in [1.54, 1.807) is 13.2 Å². The summed E-state index contributed by atoms with van der Waals surface area (Å²) in [6, 6.07) is 5.73. The summed E-state index contributed by atoms with van der Waals surface area (Å²) < 4.78 is 10.4. The first-order valence-corrected chi connectivity index (χ1v) is 5.85. The molecule has 96 valence electrons. The Balaban J connectivity index is 2.51. The number of phenolic OH excluding ortho intramolecular Hbond substituents is 1. The molecule has 0 saturated heterocycles. The predicted molar refractivity (Wildman–Crippen MR) is 67.5 cm³/mol. The Bertz CT molecular complexity index is 341. The molecule has 0 aliphatic heterocycles. The molecule has 0 amide bonds. The molecule has 4 nitrogen and oxygen atoms in total. The highest BCUT2D eigenvalue weighted by molar-refractivity contribution is 5.45. The second-order valence-corrected chi connectivity index (χ2v) is 3.91. The summed E-state index contributed by atoms with van der Waals surface area (Å²) >= 11 is 0. The van der Waals surface area contributed by atoms with Crippen LogP contribution in [-0.4, -0.2) is 31.5 Å². The molecular weight excluding hydrogens is 218 g/mol. The van der Waals surface area contributed by atoms with Gasteiger partial charge in [-0.2, -0.15) is 0 Å². The molecule has 0 heterocycles. The van der Waals surface area contributed by atoms with E-state index in [0.717, 1.165) is 12.2 Å². The van der Waals surface area contributed by atoms with Crippen molar-refractivity contribution in [2.24, 2.45) is 0 Å². The lowest BCUT2D eigenvalue weighted by Crippen LogP contribution is -2.30. The van der Waals surface area contributed by atoms with Crippen molar-refractivity contribution in [1.29, 1.82) is 0 Å². The largest absolute Gasteiger partial charge is 0.504 e. The van der Waals surface area contributed by atoms with E-state index in [1.165, 1.54) is 0 Å². The molecule has 1 atom stereocenters. The Kier molecular flexibility index (Phi) is 5.80. The van der Waals surface area contributed by atoms with Crippen LogP contribution in [0.2, 0.25) is 0 Å². The number of aromatic hydroxyl groups is 1. The topological polar surface area (TPSA) is 50.7 Å². The molecule has 0 aliphatic rings. The van der Waals surface area contributed by atoms with Gasteiger partial charge in [0.2, 0.25) is 0 Å². The highest BCUT2D eigenvalue weighted by Crippen LogP contribution is 2.29. The standard InChI is InChI=1S/C13H21NO3/c1-4-17-9-10(2)14-8-11-6-5-7-12(16-3)13(11)15/h5-7,10,14-15H,4,8-9H2,1-3H3. The molecule has 1 aromatic carbocycles. The van der Waals surface area contributed by atoms with Crippen LogP contribution in [-0.2, 0) is 11.3 Å². The van der Waals surface area contributed by atoms with Gasteiger partial charge < -0.3 is 19.9 Å². The van der Waals surface area contributed by atoms with Gasteiger partial charge in [0.15, 0.2) is 11.5 Å². The number of hydrogen-bond donors (Lipinski definition) is 2. The third-order valence-electron chi connectivity index (χ3n) is 2.52. The maximum atomic E-state index is 9.88. The second kappa shape index (κ2) is 7.14. The van der Waals surface area contributed by atoms with Crippen LogP contribution in [0.3, 0.4) is 0 Å². The van der Waals surface area contributed by atoms with Crippen molar-refractivity contribution in [2.75, 3.05) is 20.3 Å². The van der Waals surface area contributed by atoms with Crippen molar-refractivity contribution in [2.45, 2.75) is 26.4 Å². The second-order valence-electron chi connectivity index (χ2n) is 3.91. The van der Waals surface area contributed by atoms with Crippen molar-refractivity contribution in [3.63, 3.8) is 0 Å². The lowest BCUT2D eigenvalue weighted by Gasteiger charge is -2.15. The van der Waals surface area contributed by atoms with Crippen LogP contribution in [0.4, 0.5) is 0 Å². The van der Waals surface area contributed by atoms with Crippen LogP contribution in [0, 0.1) is 0 Å². The van der Waals surface area contributed by atoms with Gasteiger partial charge in [0.25, 0.3) is 0 Å². The Morgan fingerprint density at radius 1 is 1.41 bits per heavy atom. The van der Waals surface area contributed by atoms with Gasteiger partial charge in [-0.1, -0.05) is 12.1 Å². The molecule has 1 unspecified atom stereocenters. The van der Waals surface area contributed by atoms with Gasteiger partial charge in [-0.15, -0.1) is 0 Å². The zero-order valence-corrected chi connectivity index (χ0v) is 10.7. The highest BCUT2D eigenvalue weighted by atomic mass is 16.5. The van der Waals surface area contributed by atoms with Crippen LogP contribution in [0.15, 0.2) is 18.2 Å². The number of methoxy groups -OCH3 is 1. The van der Waals surface area contributed by atoms with Gasteiger partial charge in [-0.25, -0.2) is 0 Å². The van der Waals surface area contributed by atoms with E-state index in [9.17, 15) is 5.11 Å². The Morgan fingerprint density at radius 3 is 2.82 bits per heavy atom. The van der Waals surface area contributed by atoms with E-state index in [1.807, 2.05) is 26.0 Å². The van der Waals surface area contributed by atoms with Crippen molar-refractivity contribution in [3.8, 4) is 11.5 Å². The summed E-state index contributed by atoms with van der Waals surface area (Å²) in [7, 11) is 1.55. The third-order valence-corrected chi connectivity index (χ3v) is 2.52. The third kappa shape index (κ3) is 4.24. The number of rotatable bonds is 7. The molecule has 0 aliphatic carbocycles. The van der Waals surface area contributed by atoms with Gasteiger partial charge in [0, 0.05) is 24.8 Å². The maximum absolute atomic E-state index is 9.88. The van der Waals surface area contributed by atoms with Gasteiger partial charge in [0.05, 0.1) is 13.7 Å². The fraction of sp³-hybridized carbons (Fsp3) is 0.538. The smallest absolute Gasteiger partial charge is 0.162 e. The minimum Gasteiger partial charge on any atom is -0.504 e. The molecular formula is C13H21NO3. The summed E-state index contributed by atoms with van der Waals surface area (Å²) in [5, 5.41) is 13.2. The number of phenols is 1. The zero-order valence-electron chi connectivity index (χ0n) is 10.7. The molecule has 17 heavy (non-hydrogen) atoms. The quantitative estimate of drug-likeness (QED) is 0.763. The van der Waals surface area contributed by atoms with E-state index >= 15 is 0 Å². The van der Waals surface area contributed by atoms with Crippen LogP contribution in [0.1, 0.15) is 19.4 Å². The fourth-order valence-electron chi connectivity index (χ4n) is 1.51. The molecule has 1 aromatic rings. The lowest BCUT2D eigenvalue weighted by atomic mass is 10.1. The highest BCUT2D eigenvalue weighted by Gasteiger charge is 2.08. The van der Waals surface area contributed by atoms with Gasteiger partial charge in [0.1, 0.15) is 0 Å². The number of benzene rings is 1. The van der Waals surface area contributed by atoms with Gasteiger partial charge >= 0.3 is 0 Å². The summed E-state index contributed by atoms with van der Waals surface area (Å²) in [6.45, 7) is 6.00. The van der Waals surface area contributed by atoms with Crippen molar-refractivity contribution in [3.05, 3.63) is 23.8 Å². The molecule has 0 spiro atoms. The maximum Gasteiger partial charge on any atom is 0.162 e. The first kappa shape index (κ1) is 13.8. The number of para-hydroxylation sites is 1. The van der Waals surface area contributed by atoms with Crippen LogP contribution in [0.5, 0.6) is 11.5 Å². The van der Waals surface area contributed by atoms with E-state index in [0.29, 0.717) is 18.9 Å². The van der Waals surface area contributed by atoms with E-state index in [-0.39, 0.29) is 11.8 Å². The van der Waals surface area contributed by atoms with Gasteiger partial charge in [-0.05, 0) is 19.9 Å². The first-order chi connectivity index (χ1) is 8.19. The van der Waals surface area contributed by atoms with E-state index in [2.05, 4.69) is 5.32 Å². The number of nitrogens with one attached hydrogen (secondary N) is 1. The summed E-state index contributed by atoms with van der Waals surface area (Å²) in [5.41, 5.74) is 0.827. The summed E-state index contributed by atoms with van der Waals surface area (Å²) in [4.78, 5) is 0. The Morgan fingerprint density at radius 2 is 2.18 bits per heavy atom. The molecule has 0 aromatic heterocycles. The lowest BCUT2D eigenvalue weighted by molar-refractivity contribution is 0.127. The first-order valence-electron chi connectivity index (χ1n) is 5.85. The predicted octanol–water partition coefficient (Wildman–Crippen LogP) is 1.92. The summed E-state index contributed by atoms with van der Waals surface area (Å²) in [6.07, 6.45) is 0. The molecule has 0 saturated carbocycles. The number of hydrogen-bond acceptors (Lipinski definition) is 4. The van der Waals surface area contributed by atoms with Crippen molar-refractivity contribution >= 4 is 0 Å². The monoisotopic (exact) mass is 239 g/mol. The average molecular weight is 239 g/mol.